The molecular formula is C22H23N3O7. The molecule has 2 aromatic carbocycles. The number of aryl methyl sites for hydroxylation is 1. The molecule has 0 spiro atoms. The number of nitro groups is 1. The molecule has 0 aromatic heterocycles. The lowest BCUT2D eigenvalue weighted by atomic mass is 10.1. The highest BCUT2D eigenvalue weighted by molar-refractivity contribution is 5.97. The molecule has 0 radical (unpaired) electrons. The second kappa shape index (κ2) is 9.90. The fraction of sp³-hybridized carbons (Fsp3) is 0.318. The van der Waals surface area contributed by atoms with Crippen molar-refractivity contribution in [3.63, 3.8) is 0 Å². The molecule has 0 atom stereocenters. The number of aromatic carboxylic acids is 1. The predicted molar refractivity (Wildman–Crippen MR) is 114 cm³/mol. The van der Waals surface area contributed by atoms with Gasteiger partial charge in [-0.3, -0.25) is 19.7 Å². The first-order valence-electron chi connectivity index (χ1n) is 10.0. The van der Waals surface area contributed by atoms with Gasteiger partial charge in [0.25, 0.3) is 11.6 Å². The van der Waals surface area contributed by atoms with Gasteiger partial charge in [0.1, 0.15) is 5.75 Å². The summed E-state index contributed by atoms with van der Waals surface area (Å²) in [4.78, 5) is 49.8. The zero-order valence-electron chi connectivity index (χ0n) is 17.5. The fourth-order valence-corrected chi connectivity index (χ4v) is 3.46. The summed E-state index contributed by atoms with van der Waals surface area (Å²) in [6, 6.07) is 10.3. The first-order valence-corrected chi connectivity index (χ1v) is 10.0. The molecule has 0 saturated carbocycles. The summed E-state index contributed by atoms with van der Waals surface area (Å²) < 4.78 is 5.55. The number of carbonyl (C=O) groups excluding carboxylic acids is 2. The van der Waals surface area contributed by atoms with E-state index in [0.717, 1.165) is 0 Å². The topological polar surface area (TPSA) is 130 Å². The van der Waals surface area contributed by atoms with Gasteiger partial charge in [-0.05, 0) is 37.3 Å². The summed E-state index contributed by atoms with van der Waals surface area (Å²) in [6.45, 7) is 3.21. The third kappa shape index (κ3) is 5.39. The Hall–Kier alpha value is -3.95. The molecule has 1 N–H and O–H groups in total. The average molecular weight is 441 g/mol. The molecule has 0 unspecified atom stereocenters. The Morgan fingerprint density at radius 3 is 2.31 bits per heavy atom. The SMILES string of the molecule is Cc1cc(OCCC(=O)N2CCN(C(=O)c3cccc(C(=O)O)c3)CC2)ccc1[N+](=O)[O-]. The lowest BCUT2D eigenvalue weighted by Crippen LogP contribution is -2.50. The van der Waals surface area contributed by atoms with Crippen molar-refractivity contribution in [3.8, 4) is 5.75 Å². The number of nitro benzene ring substituents is 1. The van der Waals surface area contributed by atoms with Gasteiger partial charge in [0, 0.05) is 43.4 Å². The molecule has 3 rings (SSSR count). The minimum atomic E-state index is -1.10. The second-order valence-corrected chi connectivity index (χ2v) is 7.36. The Labute approximate surface area is 184 Å². The molecular weight excluding hydrogens is 418 g/mol. The van der Waals surface area contributed by atoms with Gasteiger partial charge in [-0.1, -0.05) is 6.07 Å². The first-order chi connectivity index (χ1) is 15.3. The number of ether oxygens (including phenoxy) is 1. The highest BCUT2D eigenvalue weighted by Gasteiger charge is 2.25. The third-order valence-corrected chi connectivity index (χ3v) is 5.23. The summed E-state index contributed by atoms with van der Waals surface area (Å²) in [5.41, 5.74) is 0.841. The predicted octanol–water partition coefficient (Wildman–Crippen LogP) is 2.35. The molecule has 2 amide bonds. The number of piperazine rings is 1. The van der Waals surface area contributed by atoms with Crippen molar-refractivity contribution in [2.75, 3.05) is 32.8 Å². The molecule has 1 heterocycles. The van der Waals surface area contributed by atoms with Crippen LogP contribution in [0.4, 0.5) is 5.69 Å². The number of carboxylic acids is 1. The standard InChI is InChI=1S/C22H23N3O7/c1-15-13-18(5-6-19(15)25(30)31)32-12-7-20(26)23-8-10-24(11-9-23)21(27)16-3-2-4-17(14-16)22(28)29/h2-6,13-14H,7-12H2,1H3,(H,28,29). The van der Waals surface area contributed by atoms with E-state index in [9.17, 15) is 24.5 Å². The smallest absolute Gasteiger partial charge is 0.335 e. The normalized spacial score (nSPS) is 13.5. The summed E-state index contributed by atoms with van der Waals surface area (Å²) in [6.07, 6.45) is 0.143. The van der Waals surface area contributed by atoms with Crippen LogP contribution < -0.4 is 4.74 Å². The number of hydrogen-bond acceptors (Lipinski definition) is 6. The number of nitrogens with zero attached hydrogens (tertiary/aromatic N) is 3. The number of amides is 2. The van der Waals surface area contributed by atoms with Gasteiger partial charge in [0.05, 0.1) is 23.5 Å². The van der Waals surface area contributed by atoms with Gasteiger partial charge >= 0.3 is 5.97 Å². The monoisotopic (exact) mass is 441 g/mol. The summed E-state index contributed by atoms with van der Waals surface area (Å²) in [5, 5.41) is 19.9. The molecule has 32 heavy (non-hydrogen) atoms. The number of hydrogen-bond donors (Lipinski definition) is 1. The molecule has 10 heteroatoms. The molecule has 168 valence electrons. The Morgan fingerprint density at radius 1 is 1.03 bits per heavy atom. The summed E-state index contributed by atoms with van der Waals surface area (Å²) in [7, 11) is 0. The summed E-state index contributed by atoms with van der Waals surface area (Å²) >= 11 is 0. The van der Waals surface area contributed by atoms with Crippen molar-refractivity contribution in [3.05, 3.63) is 69.3 Å². The minimum absolute atomic E-state index is 0.00975. The molecule has 1 aliphatic rings. The van der Waals surface area contributed by atoms with E-state index in [1.807, 2.05) is 0 Å². The van der Waals surface area contributed by atoms with Crippen molar-refractivity contribution in [1.29, 1.82) is 0 Å². The Morgan fingerprint density at radius 2 is 1.69 bits per heavy atom. The van der Waals surface area contributed by atoms with Crippen LogP contribution >= 0.6 is 0 Å². The van der Waals surface area contributed by atoms with E-state index in [1.54, 1.807) is 28.9 Å². The van der Waals surface area contributed by atoms with Crippen molar-refractivity contribution in [1.82, 2.24) is 9.80 Å². The maximum atomic E-state index is 12.6. The molecule has 1 aliphatic heterocycles. The molecule has 0 aliphatic carbocycles. The summed E-state index contributed by atoms with van der Waals surface area (Å²) in [5.74, 6) is -1.01. The van der Waals surface area contributed by atoms with E-state index < -0.39 is 10.9 Å². The lowest BCUT2D eigenvalue weighted by Gasteiger charge is -2.35. The molecule has 0 bridgehead atoms. The molecule has 1 fully saturated rings. The zero-order chi connectivity index (χ0) is 23.3. The van der Waals surface area contributed by atoms with Crippen LogP contribution in [0.1, 0.15) is 32.7 Å². The third-order valence-electron chi connectivity index (χ3n) is 5.23. The van der Waals surface area contributed by atoms with Gasteiger partial charge in [-0.2, -0.15) is 0 Å². The van der Waals surface area contributed by atoms with E-state index in [4.69, 9.17) is 9.84 Å². The van der Waals surface area contributed by atoms with Crippen LogP contribution in [0.2, 0.25) is 0 Å². The number of carbonyl (C=O) groups is 3. The van der Waals surface area contributed by atoms with Crippen LogP contribution in [0.3, 0.4) is 0 Å². The highest BCUT2D eigenvalue weighted by atomic mass is 16.6. The largest absolute Gasteiger partial charge is 0.493 e. The molecule has 1 saturated heterocycles. The van der Waals surface area contributed by atoms with E-state index in [2.05, 4.69) is 0 Å². The van der Waals surface area contributed by atoms with Gasteiger partial charge < -0.3 is 19.6 Å². The quantitative estimate of drug-likeness (QED) is 0.515. The maximum absolute atomic E-state index is 12.6. The molecule has 2 aromatic rings. The van der Waals surface area contributed by atoms with Gasteiger partial charge in [0.15, 0.2) is 0 Å². The first kappa shape index (κ1) is 22.7. The van der Waals surface area contributed by atoms with Crippen LogP contribution in [0, 0.1) is 17.0 Å². The number of benzene rings is 2. The van der Waals surface area contributed by atoms with Crippen LogP contribution in [0.15, 0.2) is 42.5 Å². The Bertz CT molecular complexity index is 1050. The van der Waals surface area contributed by atoms with Crippen molar-refractivity contribution < 1.29 is 29.2 Å². The van der Waals surface area contributed by atoms with Gasteiger partial charge in [-0.15, -0.1) is 0 Å². The van der Waals surface area contributed by atoms with Gasteiger partial charge in [0.2, 0.25) is 5.91 Å². The Balaban J connectivity index is 1.47. The van der Waals surface area contributed by atoms with E-state index in [0.29, 0.717) is 43.1 Å². The van der Waals surface area contributed by atoms with Crippen LogP contribution in [0.5, 0.6) is 5.75 Å². The number of carboxylic acid groups (broad SMARTS) is 1. The van der Waals surface area contributed by atoms with E-state index in [1.165, 1.54) is 30.3 Å². The fourth-order valence-electron chi connectivity index (χ4n) is 3.46. The van der Waals surface area contributed by atoms with Crippen LogP contribution in [-0.2, 0) is 4.79 Å². The average Bonchev–Trinajstić information content (AvgIpc) is 2.78. The van der Waals surface area contributed by atoms with Crippen LogP contribution in [-0.4, -0.2) is 70.4 Å². The van der Waals surface area contributed by atoms with Crippen molar-refractivity contribution in [2.45, 2.75) is 13.3 Å². The zero-order valence-corrected chi connectivity index (χ0v) is 17.5. The maximum Gasteiger partial charge on any atom is 0.335 e. The molecule has 10 nitrogen and oxygen atoms in total. The van der Waals surface area contributed by atoms with Crippen molar-refractivity contribution >= 4 is 23.5 Å². The van der Waals surface area contributed by atoms with E-state index >= 15 is 0 Å². The number of rotatable bonds is 7. The van der Waals surface area contributed by atoms with Crippen LogP contribution in [0.25, 0.3) is 0 Å². The lowest BCUT2D eigenvalue weighted by molar-refractivity contribution is -0.385. The van der Waals surface area contributed by atoms with Crippen molar-refractivity contribution in [2.24, 2.45) is 0 Å². The highest BCUT2D eigenvalue weighted by Crippen LogP contribution is 2.23. The van der Waals surface area contributed by atoms with E-state index in [-0.39, 0.29) is 36.1 Å². The minimum Gasteiger partial charge on any atom is -0.493 e. The second-order valence-electron chi connectivity index (χ2n) is 7.36. The Kier molecular flexibility index (Phi) is 7.04. The van der Waals surface area contributed by atoms with Gasteiger partial charge in [-0.25, -0.2) is 4.79 Å².